The Balaban J connectivity index is 1.51. The standard InChI is InChI=1S/C35H58N6O5SSi2/c1-24(42)33-36-21-30(47-33)28-20-37-41-31(39(22-44-13-15-48(5,6)7)23-45-14-16-49(8,9)10)19-29(38-32(28)41)25-17-26-11-12-27(18-25)40(26)34(43)46-35(2,3)4/h19-21,24-27,42H,11-18,22-23H2,1-10H3/t24?,25-,26+,27-. The van der Waals surface area contributed by atoms with E-state index >= 15 is 0 Å². The number of carbonyl (C=O) groups excluding carboxylic acids is 1. The molecule has 0 aliphatic carbocycles. The number of aromatic nitrogens is 4. The number of anilines is 1. The number of aliphatic hydroxyl groups is 1. The van der Waals surface area contributed by atoms with Gasteiger partial charge in [-0.05, 0) is 65.5 Å². The van der Waals surface area contributed by atoms with Crippen molar-refractivity contribution >= 4 is 45.0 Å². The summed E-state index contributed by atoms with van der Waals surface area (Å²) in [4.78, 5) is 28.1. The van der Waals surface area contributed by atoms with E-state index in [1.54, 1.807) is 13.1 Å². The quantitative estimate of drug-likeness (QED) is 0.100. The van der Waals surface area contributed by atoms with Crippen molar-refractivity contribution in [2.45, 2.75) is 134 Å². The maximum atomic E-state index is 13.3. The van der Waals surface area contributed by atoms with E-state index in [0.29, 0.717) is 31.7 Å². The van der Waals surface area contributed by atoms with Crippen LogP contribution in [0.2, 0.25) is 51.4 Å². The number of thiazole rings is 1. The lowest BCUT2D eigenvalue weighted by Gasteiger charge is -2.39. The summed E-state index contributed by atoms with van der Waals surface area (Å²) in [5, 5.41) is 15.7. The third kappa shape index (κ3) is 9.91. The van der Waals surface area contributed by atoms with Crippen molar-refractivity contribution in [2.75, 3.05) is 31.6 Å². The Hall–Kier alpha value is -2.37. The normalized spacial score (nSPS) is 20.6. The molecule has 4 atom stereocenters. The van der Waals surface area contributed by atoms with Crippen molar-refractivity contribution in [3.63, 3.8) is 0 Å². The molecule has 272 valence electrons. The molecule has 2 aliphatic rings. The van der Waals surface area contributed by atoms with E-state index in [-0.39, 0.29) is 24.1 Å². The van der Waals surface area contributed by atoms with Gasteiger partial charge in [0.1, 0.15) is 36.0 Å². The van der Waals surface area contributed by atoms with Gasteiger partial charge in [0.25, 0.3) is 0 Å². The van der Waals surface area contributed by atoms with Crippen LogP contribution in [0.4, 0.5) is 10.6 Å². The molecular weight excluding hydrogens is 673 g/mol. The lowest BCUT2D eigenvalue weighted by Crippen LogP contribution is -2.48. The van der Waals surface area contributed by atoms with Crippen LogP contribution < -0.4 is 4.90 Å². The molecule has 2 fully saturated rings. The zero-order valence-electron chi connectivity index (χ0n) is 31.3. The van der Waals surface area contributed by atoms with E-state index in [1.165, 1.54) is 11.3 Å². The van der Waals surface area contributed by atoms with Gasteiger partial charge in [-0.1, -0.05) is 39.3 Å². The van der Waals surface area contributed by atoms with Crippen LogP contribution >= 0.6 is 11.3 Å². The highest BCUT2D eigenvalue weighted by Gasteiger charge is 2.45. The summed E-state index contributed by atoms with van der Waals surface area (Å²) >= 11 is 1.46. The van der Waals surface area contributed by atoms with E-state index in [1.807, 2.05) is 36.4 Å². The third-order valence-corrected chi connectivity index (χ3v) is 13.8. The van der Waals surface area contributed by atoms with Crippen molar-refractivity contribution in [1.82, 2.24) is 24.5 Å². The lowest BCUT2D eigenvalue weighted by atomic mass is 9.88. The first kappa shape index (κ1) is 37.9. The molecule has 0 aromatic carbocycles. The fourth-order valence-corrected chi connectivity index (χ4v) is 8.86. The highest BCUT2D eigenvalue weighted by atomic mass is 32.1. The summed E-state index contributed by atoms with van der Waals surface area (Å²) in [6.45, 7) is 23.8. The first-order chi connectivity index (χ1) is 22.9. The van der Waals surface area contributed by atoms with Crippen LogP contribution in [0.1, 0.15) is 76.1 Å². The summed E-state index contributed by atoms with van der Waals surface area (Å²) in [5.74, 6) is 1.04. The first-order valence-electron chi connectivity index (χ1n) is 17.8. The molecule has 3 aromatic heterocycles. The zero-order chi connectivity index (χ0) is 35.7. The second kappa shape index (κ2) is 15.1. The number of fused-ring (bicyclic) bond motifs is 3. The number of ether oxygens (including phenoxy) is 3. The zero-order valence-corrected chi connectivity index (χ0v) is 34.1. The van der Waals surface area contributed by atoms with Gasteiger partial charge in [0.2, 0.25) is 0 Å². The smallest absolute Gasteiger partial charge is 0.410 e. The van der Waals surface area contributed by atoms with Gasteiger partial charge >= 0.3 is 6.09 Å². The van der Waals surface area contributed by atoms with Crippen molar-refractivity contribution in [3.05, 3.63) is 29.2 Å². The third-order valence-electron chi connectivity index (χ3n) is 9.19. The van der Waals surface area contributed by atoms with E-state index in [0.717, 1.165) is 65.4 Å². The first-order valence-corrected chi connectivity index (χ1v) is 26.1. The number of piperidine rings is 1. The number of hydrogen-bond acceptors (Lipinski definition) is 10. The van der Waals surface area contributed by atoms with E-state index in [4.69, 9.17) is 24.3 Å². The molecule has 3 aromatic rings. The molecule has 14 heteroatoms. The number of carbonyl (C=O) groups is 1. The van der Waals surface area contributed by atoms with Gasteiger partial charge in [0.05, 0.1) is 16.6 Å². The molecule has 1 unspecified atom stereocenters. The highest BCUT2D eigenvalue weighted by Crippen LogP contribution is 2.44. The van der Waals surface area contributed by atoms with Gasteiger partial charge in [0, 0.05) is 65.3 Å². The van der Waals surface area contributed by atoms with Gasteiger partial charge in [-0.2, -0.15) is 9.61 Å². The number of aliphatic hydroxyl groups excluding tert-OH is 1. The minimum Gasteiger partial charge on any atom is -0.444 e. The maximum absolute atomic E-state index is 13.3. The van der Waals surface area contributed by atoms with E-state index in [2.05, 4.69) is 55.2 Å². The van der Waals surface area contributed by atoms with Gasteiger partial charge in [0.15, 0.2) is 5.65 Å². The van der Waals surface area contributed by atoms with Crippen molar-refractivity contribution in [2.24, 2.45) is 0 Å². The Labute approximate surface area is 298 Å². The molecule has 49 heavy (non-hydrogen) atoms. The Kier molecular flexibility index (Phi) is 11.7. The van der Waals surface area contributed by atoms with Crippen LogP contribution in [0.25, 0.3) is 16.1 Å². The summed E-state index contributed by atoms with van der Waals surface area (Å²) in [7, 11) is -2.54. The average Bonchev–Trinajstić information content (AvgIpc) is 3.70. The van der Waals surface area contributed by atoms with Gasteiger partial charge in [-0.25, -0.2) is 14.8 Å². The summed E-state index contributed by atoms with van der Waals surface area (Å²) < 4.78 is 20.4. The van der Waals surface area contributed by atoms with Crippen LogP contribution in [-0.4, -0.2) is 96.2 Å². The largest absolute Gasteiger partial charge is 0.444 e. The number of amides is 1. The van der Waals surface area contributed by atoms with Gasteiger partial charge in [-0.3, -0.25) is 0 Å². The van der Waals surface area contributed by atoms with E-state index < -0.39 is 27.9 Å². The molecule has 5 heterocycles. The van der Waals surface area contributed by atoms with Crippen LogP contribution in [-0.2, 0) is 14.2 Å². The predicted molar refractivity (Wildman–Crippen MR) is 202 cm³/mol. The Bertz CT molecular complexity index is 1540. The molecular formula is C35H58N6O5SSi2. The fraction of sp³-hybridized carbons (Fsp3) is 0.714. The lowest BCUT2D eigenvalue weighted by molar-refractivity contribution is 0.00568. The van der Waals surface area contributed by atoms with Crippen molar-refractivity contribution < 1.29 is 24.1 Å². The summed E-state index contributed by atoms with van der Waals surface area (Å²) in [5.41, 5.74) is 2.07. The molecule has 11 nitrogen and oxygen atoms in total. The average molecular weight is 731 g/mol. The van der Waals surface area contributed by atoms with E-state index in [9.17, 15) is 9.90 Å². The molecule has 0 radical (unpaired) electrons. The number of hydrogen-bond donors (Lipinski definition) is 1. The van der Waals surface area contributed by atoms with Crippen LogP contribution in [0.3, 0.4) is 0 Å². The van der Waals surface area contributed by atoms with Crippen LogP contribution in [0, 0.1) is 0 Å². The molecule has 2 saturated heterocycles. The molecule has 0 saturated carbocycles. The summed E-state index contributed by atoms with van der Waals surface area (Å²) in [6.07, 6.45) is 6.38. The molecule has 1 amide bonds. The van der Waals surface area contributed by atoms with Crippen molar-refractivity contribution in [1.29, 1.82) is 0 Å². The second-order valence-corrected chi connectivity index (χ2v) is 29.6. The number of nitrogens with zero attached hydrogens (tertiary/aromatic N) is 6. The molecule has 2 bridgehead atoms. The predicted octanol–water partition coefficient (Wildman–Crippen LogP) is 7.98. The minimum atomic E-state index is -1.27. The highest BCUT2D eigenvalue weighted by molar-refractivity contribution is 7.15. The molecule has 1 N–H and O–H groups in total. The summed E-state index contributed by atoms with van der Waals surface area (Å²) in [6, 6.07) is 4.55. The van der Waals surface area contributed by atoms with Crippen LogP contribution in [0.5, 0.6) is 0 Å². The molecule has 5 rings (SSSR count). The topological polar surface area (TPSA) is 115 Å². The monoisotopic (exact) mass is 730 g/mol. The Morgan fingerprint density at radius 2 is 1.61 bits per heavy atom. The maximum Gasteiger partial charge on any atom is 0.410 e. The minimum absolute atomic E-state index is 0.116. The number of rotatable bonds is 14. The Morgan fingerprint density at radius 1 is 1.02 bits per heavy atom. The fourth-order valence-electron chi connectivity index (χ4n) is 6.49. The Morgan fingerprint density at radius 3 is 2.12 bits per heavy atom. The SMILES string of the molecule is CC(O)c1ncc(-c2cnn3c(N(COCC[Si](C)(C)C)COCC[Si](C)(C)C)cc([C@H]4C[C@H]5CC[C@@H](C4)N5C(=O)OC(C)(C)C)nc23)s1. The molecule has 2 aliphatic heterocycles. The van der Waals surface area contributed by atoms with Gasteiger partial charge in [-0.15, -0.1) is 11.3 Å². The van der Waals surface area contributed by atoms with Crippen molar-refractivity contribution in [3.8, 4) is 10.4 Å². The van der Waals surface area contributed by atoms with Gasteiger partial charge < -0.3 is 29.1 Å². The molecule has 0 spiro atoms. The van der Waals surface area contributed by atoms with Crippen LogP contribution in [0.15, 0.2) is 18.5 Å². The second-order valence-electron chi connectivity index (χ2n) is 17.2.